The van der Waals surface area contributed by atoms with Gasteiger partial charge >= 0.3 is 0 Å². The number of unbranched alkanes of at least 4 members (excludes halogenated alkanes) is 1. The molecule has 3 rings (SSSR count). The molecule has 0 atom stereocenters. The number of nitrogens with one attached hydrogen (secondary N) is 1. The van der Waals surface area contributed by atoms with Crippen LogP contribution < -0.4 is 20.9 Å². The smallest absolute Gasteiger partial charge is 0.188 e. The van der Waals surface area contributed by atoms with Crippen LogP contribution in [0.3, 0.4) is 0 Å². The molecule has 6 nitrogen and oxygen atoms in total. The van der Waals surface area contributed by atoms with Crippen LogP contribution in [0, 0.1) is 5.82 Å². The van der Waals surface area contributed by atoms with Gasteiger partial charge in [0.15, 0.2) is 5.96 Å². The minimum Gasteiger partial charge on any atom is -0.370 e. The Labute approximate surface area is 166 Å². The number of aromatic nitrogens is 1. The van der Waals surface area contributed by atoms with Gasteiger partial charge in [-0.1, -0.05) is 13.3 Å². The SMILES string of the molecule is CCCCNC(N)=NCc1ccnc(N2CCN(c3ccc(F)cc3)CC2)c1. The summed E-state index contributed by atoms with van der Waals surface area (Å²) < 4.78 is 13.1. The van der Waals surface area contributed by atoms with Gasteiger partial charge in [-0.05, 0) is 48.4 Å². The Morgan fingerprint density at radius 1 is 1.14 bits per heavy atom. The highest BCUT2D eigenvalue weighted by Crippen LogP contribution is 2.20. The van der Waals surface area contributed by atoms with Gasteiger partial charge in [0.2, 0.25) is 0 Å². The van der Waals surface area contributed by atoms with Gasteiger partial charge in [-0.2, -0.15) is 0 Å². The van der Waals surface area contributed by atoms with Gasteiger partial charge in [0.25, 0.3) is 0 Å². The number of guanidine groups is 1. The molecule has 1 saturated heterocycles. The van der Waals surface area contributed by atoms with Gasteiger partial charge in [0, 0.05) is 44.6 Å². The third kappa shape index (κ3) is 5.58. The van der Waals surface area contributed by atoms with E-state index < -0.39 is 0 Å². The highest BCUT2D eigenvalue weighted by atomic mass is 19.1. The lowest BCUT2D eigenvalue weighted by Gasteiger charge is -2.36. The normalized spacial score (nSPS) is 15.0. The number of pyridine rings is 1. The van der Waals surface area contributed by atoms with Crippen molar-refractivity contribution in [1.29, 1.82) is 0 Å². The summed E-state index contributed by atoms with van der Waals surface area (Å²) in [6, 6.07) is 10.7. The Morgan fingerprint density at radius 3 is 2.57 bits per heavy atom. The maximum absolute atomic E-state index is 13.1. The van der Waals surface area contributed by atoms with Gasteiger partial charge in [0.1, 0.15) is 11.6 Å². The first-order chi connectivity index (χ1) is 13.7. The molecule has 0 spiro atoms. The molecule has 2 aromatic rings. The molecule has 0 radical (unpaired) electrons. The molecule has 7 heteroatoms. The zero-order valence-electron chi connectivity index (χ0n) is 16.4. The number of rotatable bonds is 7. The molecular weight excluding hydrogens is 355 g/mol. The standard InChI is InChI=1S/C21H29FN6/c1-2-3-9-25-21(23)26-16-17-8-10-24-20(15-17)28-13-11-27(12-14-28)19-6-4-18(22)5-7-19/h4-8,10,15H,2-3,9,11-14,16H2,1H3,(H3,23,25,26). The Bertz CT molecular complexity index is 769. The number of hydrogen-bond donors (Lipinski definition) is 2. The van der Waals surface area contributed by atoms with Crippen molar-refractivity contribution in [2.24, 2.45) is 10.7 Å². The van der Waals surface area contributed by atoms with Crippen LogP contribution in [0.25, 0.3) is 0 Å². The van der Waals surface area contributed by atoms with Crippen LogP contribution in [-0.4, -0.2) is 43.7 Å². The first kappa shape index (κ1) is 19.9. The fourth-order valence-electron chi connectivity index (χ4n) is 3.20. The summed E-state index contributed by atoms with van der Waals surface area (Å²) in [5, 5.41) is 3.13. The molecule has 3 N–H and O–H groups in total. The molecule has 0 unspecified atom stereocenters. The van der Waals surface area contributed by atoms with Gasteiger partial charge in [-0.25, -0.2) is 14.4 Å². The molecule has 1 aliphatic heterocycles. The minimum atomic E-state index is -0.202. The lowest BCUT2D eigenvalue weighted by Crippen LogP contribution is -2.46. The maximum Gasteiger partial charge on any atom is 0.188 e. The number of nitrogens with zero attached hydrogens (tertiary/aromatic N) is 4. The number of nitrogens with two attached hydrogens (primary N) is 1. The quantitative estimate of drug-likeness (QED) is 0.436. The fraction of sp³-hybridized carbons (Fsp3) is 0.429. The monoisotopic (exact) mass is 384 g/mol. The number of halogens is 1. The molecule has 150 valence electrons. The largest absolute Gasteiger partial charge is 0.370 e. The van der Waals surface area contributed by atoms with E-state index in [1.165, 1.54) is 12.1 Å². The number of hydrogen-bond acceptors (Lipinski definition) is 4. The Balaban J connectivity index is 1.54. The zero-order chi connectivity index (χ0) is 19.8. The summed E-state index contributed by atoms with van der Waals surface area (Å²) in [6.45, 7) is 7.04. The second-order valence-electron chi connectivity index (χ2n) is 6.95. The number of aliphatic imine (C=N–C) groups is 1. The van der Waals surface area contributed by atoms with E-state index in [0.29, 0.717) is 12.5 Å². The van der Waals surface area contributed by atoms with E-state index in [0.717, 1.165) is 62.6 Å². The van der Waals surface area contributed by atoms with E-state index >= 15 is 0 Å². The lowest BCUT2D eigenvalue weighted by atomic mass is 10.2. The van der Waals surface area contributed by atoms with E-state index in [-0.39, 0.29) is 5.82 Å². The van der Waals surface area contributed by atoms with Crippen LogP contribution in [0.5, 0.6) is 0 Å². The highest BCUT2D eigenvalue weighted by molar-refractivity contribution is 5.77. The molecule has 1 fully saturated rings. The molecule has 28 heavy (non-hydrogen) atoms. The van der Waals surface area contributed by atoms with E-state index in [1.807, 2.05) is 24.4 Å². The van der Waals surface area contributed by atoms with Gasteiger partial charge in [-0.15, -0.1) is 0 Å². The first-order valence-corrected chi connectivity index (χ1v) is 9.90. The van der Waals surface area contributed by atoms with Crippen LogP contribution in [-0.2, 0) is 6.54 Å². The van der Waals surface area contributed by atoms with Crippen LogP contribution >= 0.6 is 0 Å². The highest BCUT2D eigenvalue weighted by Gasteiger charge is 2.18. The third-order valence-electron chi connectivity index (χ3n) is 4.87. The molecule has 0 bridgehead atoms. The number of piperazine rings is 1. The Hall–Kier alpha value is -2.83. The Morgan fingerprint density at radius 2 is 1.86 bits per heavy atom. The van der Waals surface area contributed by atoms with Crippen molar-refractivity contribution in [3.8, 4) is 0 Å². The van der Waals surface area contributed by atoms with E-state index in [4.69, 9.17) is 5.73 Å². The summed E-state index contributed by atoms with van der Waals surface area (Å²) in [4.78, 5) is 13.5. The summed E-state index contributed by atoms with van der Waals surface area (Å²) in [5.74, 6) is 1.25. The van der Waals surface area contributed by atoms with Crippen molar-refractivity contribution in [3.05, 3.63) is 54.0 Å². The van der Waals surface area contributed by atoms with Gasteiger partial charge < -0.3 is 20.9 Å². The summed E-state index contributed by atoms with van der Waals surface area (Å²) in [6.07, 6.45) is 4.04. The maximum atomic E-state index is 13.1. The lowest BCUT2D eigenvalue weighted by molar-refractivity contribution is 0.624. The fourth-order valence-corrected chi connectivity index (χ4v) is 3.20. The molecule has 2 heterocycles. The predicted octanol–water partition coefficient (Wildman–Crippen LogP) is 2.75. The zero-order valence-corrected chi connectivity index (χ0v) is 16.4. The van der Waals surface area contributed by atoms with Crippen molar-refractivity contribution < 1.29 is 4.39 Å². The van der Waals surface area contributed by atoms with Crippen LogP contribution in [0.15, 0.2) is 47.6 Å². The predicted molar refractivity (Wildman–Crippen MR) is 113 cm³/mol. The van der Waals surface area contributed by atoms with Gasteiger partial charge in [-0.3, -0.25) is 0 Å². The average molecular weight is 385 g/mol. The van der Waals surface area contributed by atoms with Gasteiger partial charge in [0.05, 0.1) is 6.54 Å². The van der Waals surface area contributed by atoms with Crippen LogP contribution in [0.2, 0.25) is 0 Å². The molecule has 0 amide bonds. The molecule has 0 saturated carbocycles. The number of benzene rings is 1. The molecule has 1 aliphatic rings. The van der Waals surface area contributed by atoms with Crippen molar-refractivity contribution in [1.82, 2.24) is 10.3 Å². The van der Waals surface area contributed by atoms with E-state index in [2.05, 4.69) is 38.1 Å². The minimum absolute atomic E-state index is 0.202. The summed E-state index contributed by atoms with van der Waals surface area (Å²) in [5.41, 5.74) is 8.05. The van der Waals surface area contributed by atoms with Crippen molar-refractivity contribution in [2.75, 3.05) is 42.5 Å². The average Bonchev–Trinajstić information content (AvgIpc) is 2.73. The van der Waals surface area contributed by atoms with E-state index in [1.54, 1.807) is 0 Å². The second kappa shape index (κ2) is 9.92. The molecule has 1 aromatic carbocycles. The van der Waals surface area contributed by atoms with Crippen molar-refractivity contribution >= 4 is 17.5 Å². The third-order valence-corrected chi connectivity index (χ3v) is 4.87. The second-order valence-corrected chi connectivity index (χ2v) is 6.95. The van der Waals surface area contributed by atoms with E-state index in [9.17, 15) is 4.39 Å². The van der Waals surface area contributed by atoms with Crippen molar-refractivity contribution in [3.63, 3.8) is 0 Å². The molecule has 1 aromatic heterocycles. The topological polar surface area (TPSA) is 69.8 Å². The number of anilines is 2. The first-order valence-electron chi connectivity index (χ1n) is 9.90. The van der Waals surface area contributed by atoms with Crippen LogP contribution in [0.4, 0.5) is 15.9 Å². The van der Waals surface area contributed by atoms with Crippen molar-refractivity contribution in [2.45, 2.75) is 26.3 Å². The van der Waals surface area contributed by atoms with Crippen LogP contribution in [0.1, 0.15) is 25.3 Å². The summed E-state index contributed by atoms with van der Waals surface area (Å²) in [7, 11) is 0. The Kier molecular flexibility index (Phi) is 7.06. The summed E-state index contributed by atoms with van der Waals surface area (Å²) >= 11 is 0. The molecule has 0 aliphatic carbocycles. The molecular formula is C21H29FN6.